The quantitative estimate of drug-likeness (QED) is 0.265. The van der Waals surface area contributed by atoms with Gasteiger partial charge in [-0.25, -0.2) is 15.2 Å². The fraction of sp³-hybridized carbons (Fsp3) is 0.227. The van der Waals surface area contributed by atoms with E-state index in [0.717, 1.165) is 43.8 Å². The van der Waals surface area contributed by atoms with Crippen molar-refractivity contribution in [3.8, 4) is 0 Å². The summed E-state index contributed by atoms with van der Waals surface area (Å²) >= 11 is 0. The smallest absolute Gasteiger partial charge is 0.265 e. The third-order valence-electron chi connectivity index (χ3n) is 5.25. The number of hydrogen-bond acceptors (Lipinski definition) is 8. The second-order valence-electron chi connectivity index (χ2n) is 7.53. The Balaban J connectivity index is 1.45. The van der Waals surface area contributed by atoms with Gasteiger partial charge in [0.2, 0.25) is 5.95 Å². The third-order valence-corrected chi connectivity index (χ3v) is 5.25. The van der Waals surface area contributed by atoms with Crippen molar-refractivity contribution in [1.29, 1.82) is 0 Å². The number of nitrogen functional groups attached to an aromatic ring is 1. The zero-order valence-electron chi connectivity index (χ0n) is 17.7. The number of nitrogens with zero attached hydrogens (tertiary/aromatic N) is 4. The largest absolute Gasteiger partial charge is 0.369 e. The van der Waals surface area contributed by atoms with Crippen LogP contribution in [0.5, 0.6) is 0 Å². The number of hydrogen-bond donors (Lipinski definition) is 4. The van der Waals surface area contributed by atoms with Crippen LogP contribution in [0.15, 0.2) is 54.7 Å². The van der Waals surface area contributed by atoms with E-state index in [-0.39, 0.29) is 11.8 Å². The molecule has 1 saturated heterocycles. The molecule has 0 bridgehead atoms. The maximum atomic E-state index is 14.3. The molecule has 0 radical (unpaired) electrons. The summed E-state index contributed by atoms with van der Waals surface area (Å²) in [6.45, 7) is 4.07. The molecule has 0 aliphatic carbocycles. The normalized spacial score (nSPS) is 14.2. The lowest BCUT2D eigenvalue weighted by Gasteiger charge is -2.34. The van der Waals surface area contributed by atoms with Crippen molar-refractivity contribution < 1.29 is 9.18 Å². The van der Waals surface area contributed by atoms with Crippen LogP contribution in [0.1, 0.15) is 10.4 Å². The Kier molecular flexibility index (Phi) is 6.43. The van der Waals surface area contributed by atoms with Crippen LogP contribution in [0.4, 0.5) is 33.2 Å². The number of rotatable bonds is 6. The molecule has 3 aromatic rings. The van der Waals surface area contributed by atoms with Crippen molar-refractivity contribution in [2.75, 3.05) is 48.8 Å². The Morgan fingerprint density at radius 2 is 1.78 bits per heavy atom. The van der Waals surface area contributed by atoms with Crippen LogP contribution in [-0.2, 0) is 0 Å². The van der Waals surface area contributed by atoms with Crippen LogP contribution in [-0.4, -0.2) is 54.0 Å². The number of hydrazine groups is 1. The number of nitrogens with one attached hydrogen (secondary N) is 3. The van der Waals surface area contributed by atoms with E-state index >= 15 is 0 Å². The van der Waals surface area contributed by atoms with Gasteiger partial charge in [0.15, 0.2) is 11.6 Å². The second-order valence-corrected chi connectivity index (χ2v) is 7.53. The average molecular weight is 436 g/mol. The van der Waals surface area contributed by atoms with Crippen LogP contribution in [0, 0.1) is 5.82 Å². The molecule has 10 heteroatoms. The van der Waals surface area contributed by atoms with Crippen molar-refractivity contribution in [1.82, 2.24) is 20.3 Å². The zero-order valence-corrected chi connectivity index (χ0v) is 17.7. The van der Waals surface area contributed by atoms with Crippen LogP contribution in [0.2, 0.25) is 0 Å². The lowest BCUT2D eigenvalue weighted by atomic mass is 10.2. The highest BCUT2D eigenvalue weighted by molar-refractivity contribution is 5.94. The van der Waals surface area contributed by atoms with Gasteiger partial charge in [0, 0.05) is 48.8 Å². The summed E-state index contributed by atoms with van der Waals surface area (Å²) in [5.74, 6) is 4.34. The summed E-state index contributed by atoms with van der Waals surface area (Å²) < 4.78 is 14.3. The number of piperazine rings is 1. The van der Waals surface area contributed by atoms with Gasteiger partial charge in [-0.3, -0.25) is 10.2 Å². The number of carbonyl (C=O) groups is 1. The van der Waals surface area contributed by atoms with E-state index in [1.807, 2.05) is 24.3 Å². The highest BCUT2D eigenvalue weighted by Crippen LogP contribution is 2.23. The van der Waals surface area contributed by atoms with Crippen molar-refractivity contribution in [2.24, 2.45) is 5.84 Å². The van der Waals surface area contributed by atoms with Gasteiger partial charge < -0.3 is 20.4 Å². The van der Waals surface area contributed by atoms with Gasteiger partial charge in [0.05, 0.1) is 6.20 Å². The van der Waals surface area contributed by atoms with Gasteiger partial charge in [0.1, 0.15) is 0 Å². The van der Waals surface area contributed by atoms with Gasteiger partial charge in [-0.2, -0.15) is 4.98 Å². The summed E-state index contributed by atoms with van der Waals surface area (Å²) in [6.07, 6.45) is 1.09. The number of likely N-dealkylation sites (N-methyl/N-ethyl adjacent to an activating group) is 1. The molecule has 1 aliphatic heterocycles. The predicted molar refractivity (Wildman–Crippen MR) is 123 cm³/mol. The van der Waals surface area contributed by atoms with Crippen molar-refractivity contribution in [2.45, 2.75) is 0 Å². The molecule has 0 saturated carbocycles. The zero-order chi connectivity index (χ0) is 22.5. The molecule has 5 N–H and O–H groups in total. The molecule has 2 aromatic carbocycles. The number of carbonyl (C=O) groups excluding carboxylic acids is 1. The van der Waals surface area contributed by atoms with Gasteiger partial charge in [-0.05, 0) is 49.5 Å². The lowest BCUT2D eigenvalue weighted by molar-refractivity contribution is 0.0953. The van der Waals surface area contributed by atoms with Crippen LogP contribution in [0.3, 0.4) is 0 Å². The Morgan fingerprint density at radius 3 is 2.50 bits per heavy atom. The van der Waals surface area contributed by atoms with Crippen molar-refractivity contribution in [3.63, 3.8) is 0 Å². The molecular weight excluding hydrogens is 411 g/mol. The number of amides is 1. The van der Waals surface area contributed by atoms with Gasteiger partial charge >= 0.3 is 0 Å². The lowest BCUT2D eigenvalue weighted by Crippen LogP contribution is -2.44. The van der Waals surface area contributed by atoms with E-state index in [9.17, 15) is 9.18 Å². The molecule has 1 aromatic heterocycles. The summed E-state index contributed by atoms with van der Waals surface area (Å²) in [6, 6.07) is 14.5. The summed E-state index contributed by atoms with van der Waals surface area (Å²) in [7, 11) is 2.13. The van der Waals surface area contributed by atoms with Crippen LogP contribution < -0.4 is 26.8 Å². The third kappa shape index (κ3) is 5.10. The highest BCUT2D eigenvalue weighted by atomic mass is 19.1. The van der Waals surface area contributed by atoms with E-state index in [4.69, 9.17) is 5.84 Å². The number of halogens is 1. The molecule has 1 aliphatic rings. The fourth-order valence-corrected chi connectivity index (χ4v) is 3.42. The number of nitrogens with two attached hydrogens (primary N) is 1. The molecule has 0 unspecified atom stereocenters. The molecule has 2 heterocycles. The summed E-state index contributed by atoms with van der Waals surface area (Å²) in [4.78, 5) is 24.6. The molecule has 1 fully saturated rings. The standard InChI is InChI=1S/C22H25FN8O/c1-30-9-11-31(12-10-30)18-7-5-16(6-8-18)27-22-25-14-19(23)20(28-22)26-17-4-2-3-15(13-17)21(32)29-24/h2-8,13-14H,9-12,24H2,1H3,(H,29,32)(H2,25,26,27,28). The Bertz CT molecular complexity index is 1080. The Labute approximate surface area is 185 Å². The molecule has 4 rings (SSSR count). The maximum absolute atomic E-state index is 14.3. The molecular formula is C22H25FN8O. The number of benzene rings is 2. The molecule has 0 spiro atoms. The minimum atomic E-state index is -0.616. The number of aromatic nitrogens is 2. The minimum Gasteiger partial charge on any atom is -0.369 e. The molecule has 166 valence electrons. The monoisotopic (exact) mass is 436 g/mol. The first-order valence-electron chi connectivity index (χ1n) is 10.2. The van der Waals surface area contributed by atoms with Crippen molar-refractivity contribution in [3.05, 3.63) is 66.1 Å². The van der Waals surface area contributed by atoms with E-state index in [1.165, 1.54) is 0 Å². The molecule has 1 amide bonds. The first-order valence-corrected chi connectivity index (χ1v) is 10.2. The predicted octanol–water partition coefficient (Wildman–Crippen LogP) is 2.46. The highest BCUT2D eigenvalue weighted by Gasteiger charge is 2.14. The molecule has 32 heavy (non-hydrogen) atoms. The van der Waals surface area contributed by atoms with Crippen LogP contribution >= 0.6 is 0 Å². The Morgan fingerprint density at radius 1 is 1.03 bits per heavy atom. The van der Waals surface area contributed by atoms with Crippen LogP contribution in [0.25, 0.3) is 0 Å². The minimum absolute atomic E-state index is 0.0122. The summed E-state index contributed by atoms with van der Waals surface area (Å²) in [5, 5.41) is 5.97. The summed E-state index contributed by atoms with van der Waals surface area (Å²) in [5.41, 5.74) is 4.85. The molecule has 9 nitrogen and oxygen atoms in total. The van der Waals surface area contributed by atoms with Gasteiger partial charge in [-0.1, -0.05) is 6.07 Å². The fourth-order valence-electron chi connectivity index (χ4n) is 3.42. The maximum Gasteiger partial charge on any atom is 0.265 e. The van der Waals surface area contributed by atoms with E-state index < -0.39 is 11.7 Å². The molecule has 0 atom stereocenters. The topological polar surface area (TPSA) is 111 Å². The van der Waals surface area contributed by atoms with E-state index in [1.54, 1.807) is 24.3 Å². The van der Waals surface area contributed by atoms with E-state index in [0.29, 0.717) is 11.3 Å². The average Bonchev–Trinajstić information content (AvgIpc) is 2.82. The van der Waals surface area contributed by atoms with Crippen molar-refractivity contribution >= 4 is 34.7 Å². The number of anilines is 5. The first kappa shape index (κ1) is 21.5. The van der Waals surface area contributed by atoms with E-state index in [2.05, 4.69) is 42.9 Å². The van der Waals surface area contributed by atoms with Gasteiger partial charge in [-0.15, -0.1) is 0 Å². The van der Waals surface area contributed by atoms with Gasteiger partial charge in [0.25, 0.3) is 5.91 Å². The first-order chi connectivity index (χ1) is 15.5. The second kappa shape index (κ2) is 9.58. The SMILES string of the molecule is CN1CCN(c2ccc(Nc3ncc(F)c(Nc4cccc(C(=O)NN)c4)n3)cc2)CC1. The Hall–Kier alpha value is -3.76.